The van der Waals surface area contributed by atoms with Gasteiger partial charge in [-0.25, -0.2) is 0 Å². The van der Waals surface area contributed by atoms with Gasteiger partial charge in [-0.15, -0.1) is 0 Å². The highest BCUT2D eigenvalue weighted by atomic mass is 32.1. The molecule has 0 spiro atoms. The molecule has 0 saturated heterocycles. The molecule has 2 nitrogen and oxygen atoms in total. The van der Waals surface area contributed by atoms with Gasteiger partial charge in [-0.1, -0.05) is 6.92 Å². The third-order valence-electron chi connectivity index (χ3n) is 2.27. The van der Waals surface area contributed by atoms with Gasteiger partial charge in [-0.2, -0.15) is 11.3 Å². The summed E-state index contributed by atoms with van der Waals surface area (Å²) >= 11 is 1.75. The Morgan fingerprint density at radius 2 is 2.19 bits per heavy atom. The van der Waals surface area contributed by atoms with Crippen molar-refractivity contribution in [3.05, 3.63) is 22.4 Å². The monoisotopic (exact) mass is 241 g/mol. The quantitative estimate of drug-likeness (QED) is 0.826. The fraction of sp³-hybridized carbons (Fsp3) is 0.692. The molecule has 0 radical (unpaired) electrons. The van der Waals surface area contributed by atoms with Gasteiger partial charge in [0.15, 0.2) is 0 Å². The van der Waals surface area contributed by atoms with Crippen molar-refractivity contribution in [3.8, 4) is 0 Å². The van der Waals surface area contributed by atoms with Crippen molar-refractivity contribution >= 4 is 11.3 Å². The molecule has 1 N–H and O–H groups in total. The lowest BCUT2D eigenvalue weighted by molar-refractivity contribution is -0.0141. The summed E-state index contributed by atoms with van der Waals surface area (Å²) in [5, 5.41) is 7.81. The summed E-state index contributed by atoms with van der Waals surface area (Å²) in [6.45, 7) is 10.2. The number of nitrogens with one attached hydrogen (secondary N) is 1. The molecule has 16 heavy (non-hydrogen) atoms. The van der Waals surface area contributed by atoms with Crippen molar-refractivity contribution in [1.82, 2.24) is 5.32 Å². The molecule has 1 atom stereocenters. The van der Waals surface area contributed by atoms with Crippen molar-refractivity contribution in [2.24, 2.45) is 0 Å². The molecule has 0 aliphatic carbocycles. The Morgan fingerprint density at radius 3 is 2.69 bits per heavy atom. The van der Waals surface area contributed by atoms with Crippen molar-refractivity contribution < 1.29 is 4.74 Å². The number of hydrogen-bond donors (Lipinski definition) is 1. The predicted octanol–water partition coefficient (Wildman–Crippen LogP) is 3.08. The minimum Gasteiger partial charge on any atom is -0.374 e. The molecule has 0 bridgehead atoms. The van der Waals surface area contributed by atoms with Crippen LogP contribution in [0.4, 0.5) is 0 Å². The van der Waals surface area contributed by atoms with E-state index in [4.69, 9.17) is 4.74 Å². The first-order chi connectivity index (χ1) is 7.51. The lowest BCUT2D eigenvalue weighted by Crippen LogP contribution is -2.38. The number of hydrogen-bond acceptors (Lipinski definition) is 3. The third kappa shape index (κ3) is 5.64. The zero-order valence-electron chi connectivity index (χ0n) is 10.7. The maximum atomic E-state index is 5.83. The van der Waals surface area contributed by atoms with Gasteiger partial charge in [0.05, 0.1) is 12.2 Å². The Kier molecular flexibility index (Phi) is 5.46. The van der Waals surface area contributed by atoms with Gasteiger partial charge in [0, 0.05) is 6.04 Å². The van der Waals surface area contributed by atoms with Crippen LogP contribution in [0, 0.1) is 0 Å². The van der Waals surface area contributed by atoms with Crippen LogP contribution in [0.15, 0.2) is 16.8 Å². The fourth-order valence-corrected chi connectivity index (χ4v) is 2.20. The zero-order valence-corrected chi connectivity index (χ0v) is 11.6. The highest BCUT2D eigenvalue weighted by molar-refractivity contribution is 7.07. The summed E-state index contributed by atoms with van der Waals surface area (Å²) in [6.07, 6.45) is 1.05. The summed E-state index contributed by atoms with van der Waals surface area (Å²) < 4.78 is 5.83. The Labute approximate surface area is 103 Å². The fourth-order valence-electron chi connectivity index (χ4n) is 1.52. The summed E-state index contributed by atoms with van der Waals surface area (Å²) in [5.74, 6) is 0. The SMILES string of the molecule is CCNC(COC(C)(C)C)Cc1ccsc1. The van der Waals surface area contributed by atoms with Crippen LogP contribution >= 0.6 is 11.3 Å². The maximum absolute atomic E-state index is 5.83. The molecule has 1 heterocycles. The molecule has 1 unspecified atom stereocenters. The minimum atomic E-state index is -0.0533. The first-order valence-electron chi connectivity index (χ1n) is 5.89. The molecule has 1 rings (SSSR count). The number of rotatable bonds is 6. The normalized spacial score (nSPS) is 14.0. The molecule has 92 valence electrons. The highest BCUT2D eigenvalue weighted by Crippen LogP contribution is 2.12. The van der Waals surface area contributed by atoms with Crippen molar-refractivity contribution in [2.75, 3.05) is 13.2 Å². The second-order valence-corrected chi connectivity index (χ2v) is 5.79. The van der Waals surface area contributed by atoms with Gasteiger partial charge >= 0.3 is 0 Å². The van der Waals surface area contributed by atoms with E-state index in [1.54, 1.807) is 11.3 Å². The summed E-state index contributed by atoms with van der Waals surface area (Å²) in [4.78, 5) is 0. The molecule has 0 saturated carbocycles. The molecule has 0 fully saturated rings. The molecular weight excluding hydrogens is 218 g/mol. The smallest absolute Gasteiger partial charge is 0.0629 e. The molecule has 0 amide bonds. The van der Waals surface area contributed by atoms with E-state index in [2.05, 4.69) is 49.8 Å². The van der Waals surface area contributed by atoms with Gasteiger partial charge in [0.25, 0.3) is 0 Å². The van der Waals surface area contributed by atoms with Gasteiger partial charge < -0.3 is 10.1 Å². The van der Waals surface area contributed by atoms with Crippen LogP contribution in [0.2, 0.25) is 0 Å². The van der Waals surface area contributed by atoms with Gasteiger partial charge in [-0.05, 0) is 56.1 Å². The van der Waals surface area contributed by atoms with E-state index in [1.165, 1.54) is 5.56 Å². The molecule has 3 heteroatoms. The van der Waals surface area contributed by atoms with Crippen LogP contribution in [-0.2, 0) is 11.2 Å². The zero-order chi connectivity index (χ0) is 12.0. The van der Waals surface area contributed by atoms with Crippen LogP contribution in [0.25, 0.3) is 0 Å². The van der Waals surface area contributed by atoms with Gasteiger partial charge in [0.2, 0.25) is 0 Å². The third-order valence-corrected chi connectivity index (χ3v) is 3.00. The Balaban J connectivity index is 2.41. The molecule has 0 aromatic carbocycles. The van der Waals surface area contributed by atoms with Crippen LogP contribution in [-0.4, -0.2) is 24.8 Å². The summed E-state index contributed by atoms with van der Waals surface area (Å²) in [6, 6.07) is 2.60. The van der Waals surface area contributed by atoms with Crippen molar-refractivity contribution in [3.63, 3.8) is 0 Å². The lowest BCUT2D eigenvalue weighted by atomic mass is 10.1. The van der Waals surface area contributed by atoms with Crippen LogP contribution < -0.4 is 5.32 Å². The summed E-state index contributed by atoms with van der Waals surface area (Å²) in [7, 11) is 0. The molecule has 0 aliphatic heterocycles. The second-order valence-electron chi connectivity index (χ2n) is 5.01. The highest BCUT2D eigenvalue weighted by Gasteiger charge is 2.15. The molecule has 0 aliphatic rings. The summed E-state index contributed by atoms with van der Waals surface area (Å²) in [5.41, 5.74) is 1.34. The standard InChI is InChI=1S/C13H23NOS/c1-5-14-12(9-15-13(2,3)4)8-11-6-7-16-10-11/h6-7,10,12,14H,5,8-9H2,1-4H3. The minimum absolute atomic E-state index is 0.0533. The predicted molar refractivity (Wildman–Crippen MR) is 71.2 cm³/mol. The van der Waals surface area contributed by atoms with E-state index >= 15 is 0 Å². The average molecular weight is 241 g/mol. The van der Waals surface area contributed by atoms with E-state index in [1.807, 2.05) is 0 Å². The van der Waals surface area contributed by atoms with E-state index in [0.29, 0.717) is 6.04 Å². The maximum Gasteiger partial charge on any atom is 0.0629 e. The molecular formula is C13H23NOS. The molecule has 1 aromatic heterocycles. The number of thiophene rings is 1. The second kappa shape index (κ2) is 6.38. The lowest BCUT2D eigenvalue weighted by Gasteiger charge is -2.24. The van der Waals surface area contributed by atoms with Crippen LogP contribution in [0.3, 0.4) is 0 Å². The Hall–Kier alpha value is -0.380. The number of likely N-dealkylation sites (N-methyl/N-ethyl adjacent to an activating group) is 1. The van der Waals surface area contributed by atoms with Gasteiger partial charge in [0.1, 0.15) is 0 Å². The average Bonchev–Trinajstić information content (AvgIpc) is 2.66. The largest absolute Gasteiger partial charge is 0.374 e. The van der Waals surface area contributed by atoms with Crippen molar-refractivity contribution in [1.29, 1.82) is 0 Å². The molecule has 1 aromatic rings. The van der Waals surface area contributed by atoms with E-state index in [-0.39, 0.29) is 5.60 Å². The van der Waals surface area contributed by atoms with E-state index < -0.39 is 0 Å². The Bertz CT molecular complexity index is 277. The van der Waals surface area contributed by atoms with E-state index in [0.717, 1.165) is 19.6 Å². The van der Waals surface area contributed by atoms with Crippen molar-refractivity contribution in [2.45, 2.75) is 45.8 Å². The van der Waals surface area contributed by atoms with Gasteiger partial charge in [-0.3, -0.25) is 0 Å². The first kappa shape index (κ1) is 13.7. The van der Waals surface area contributed by atoms with E-state index in [9.17, 15) is 0 Å². The topological polar surface area (TPSA) is 21.3 Å². The number of ether oxygens (including phenoxy) is 1. The first-order valence-corrected chi connectivity index (χ1v) is 6.84. The van der Waals surface area contributed by atoms with Crippen LogP contribution in [0.5, 0.6) is 0 Å². The Morgan fingerprint density at radius 1 is 1.44 bits per heavy atom. The van der Waals surface area contributed by atoms with Crippen LogP contribution in [0.1, 0.15) is 33.3 Å².